The van der Waals surface area contributed by atoms with Gasteiger partial charge in [0.25, 0.3) is 0 Å². The molecule has 0 aliphatic carbocycles. The molecule has 0 atom stereocenters. The zero-order valence-corrected chi connectivity index (χ0v) is 17.1. The monoisotopic (exact) mass is 396 g/mol. The van der Waals surface area contributed by atoms with Gasteiger partial charge in [0.05, 0.1) is 6.54 Å². The molecule has 29 heavy (non-hydrogen) atoms. The number of nitrogens with one attached hydrogen (secondary N) is 4. The molecule has 7 heteroatoms. The highest BCUT2D eigenvalue weighted by molar-refractivity contribution is 5.95. The van der Waals surface area contributed by atoms with Crippen LogP contribution in [0.5, 0.6) is 0 Å². The average Bonchev–Trinajstić information content (AvgIpc) is 2.70. The first kappa shape index (κ1) is 21.9. The second kappa shape index (κ2) is 10.8. The third kappa shape index (κ3) is 7.29. The molecule has 3 amide bonds. The summed E-state index contributed by atoms with van der Waals surface area (Å²) in [7, 11) is 0. The van der Waals surface area contributed by atoms with Crippen molar-refractivity contribution < 1.29 is 14.4 Å². The number of benzene rings is 2. The van der Waals surface area contributed by atoms with E-state index < -0.39 is 0 Å². The fourth-order valence-corrected chi connectivity index (χ4v) is 2.58. The van der Waals surface area contributed by atoms with Crippen LogP contribution in [0, 0.1) is 6.92 Å². The van der Waals surface area contributed by atoms with E-state index in [1.807, 2.05) is 32.0 Å². The van der Waals surface area contributed by atoms with Gasteiger partial charge in [0.15, 0.2) is 0 Å². The van der Waals surface area contributed by atoms with Gasteiger partial charge in [-0.05, 0) is 55.3 Å². The molecule has 7 nitrogen and oxygen atoms in total. The zero-order valence-electron chi connectivity index (χ0n) is 17.1. The van der Waals surface area contributed by atoms with E-state index in [4.69, 9.17) is 0 Å². The smallest absolute Gasteiger partial charge is 0.243 e. The maximum Gasteiger partial charge on any atom is 0.243 e. The standard InChI is InChI=1S/C22H28N4O3/c1-4-6-21(28)24-16-9-11-17(12-10-16)25-22(29)14-23-18-8-7-15(3)19(13-18)26-20(27)5-2/h7-13,23H,4-6,14H2,1-3H3,(H,24,28)(H,25,29)(H,26,27). The summed E-state index contributed by atoms with van der Waals surface area (Å²) in [4.78, 5) is 35.4. The molecule has 0 spiro atoms. The minimum absolute atomic E-state index is 0.0268. The normalized spacial score (nSPS) is 10.2. The first-order valence-electron chi connectivity index (χ1n) is 9.75. The summed E-state index contributed by atoms with van der Waals surface area (Å²) in [5, 5.41) is 11.5. The van der Waals surface area contributed by atoms with Crippen molar-refractivity contribution >= 4 is 40.5 Å². The van der Waals surface area contributed by atoms with Crippen molar-refractivity contribution in [3.63, 3.8) is 0 Å². The van der Waals surface area contributed by atoms with Gasteiger partial charge in [0, 0.05) is 35.6 Å². The molecule has 0 fully saturated rings. The van der Waals surface area contributed by atoms with E-state index in [0.29, 0.717) is 24.2 Å². The fraction of sp³-hybridized carbons (Fsp3) is 0.318. The van der Waals surface area contributed by atoms with Crippen LogP contribution in [0.25, 0.3) is 0 Å². The third-order valence-electron chi connectivity index (χ3n) is 4.22. The van der Waals surface area contributed by atoms with E-state index >= 15 is 0 Å². The van der Waals surface area contributed by atoms with Crippen molar-refractivity contribution in [2.24, 2.45) is 0 Å². The molecule has 0 unspecified atom stereocenters. The van der Waals surface area contributed by atoms with Crippen LogP contribution in [0.3, 0.4) is 0 Å². The summed E-state index contributed by atoms with van der Waals surface area (Å²) in [6.07, 6.45) is 1.67. The minimum Gasteiger partial charge on any atom is -0.376 e. The Hall–Kier alpha value is -3.35. The number of aryl methyl sites for hydroxylation is 1. The predicted molar refractivity (Wildman–Crippen MR) is 117 cm³/mol. The van der Waals surface area contributed by atoms with E-state index in [1.54, 1.807) is 31.2 Å². The molecule has 0 saturated heterocycles. The lowest BCUT2D eigenvalue weighted by Crippen LogP contribution is -2.22. The molecule has 2 aromatic rings. The highest BCUT2D eigenvalue weighted by Gasteiger charge is 2.07. The molecule has 0 saturated carbocycles. The Morgan fingerprint density at radius 2 is 1.34 bits per heavy atom. The van der Waals surface area contributed by atoms with Crippen molar-refractivity contribution in [1.29, 1.82) is 0 Å². The summed E-state index contributed by atoms with van der Waals surface area (Å²) in [6.45, 7) is 5.74. The number of hydrogen-bond acceptors (Lipinski definition) is 4. The molecule has 2 rings (SSSR count). The quantitative estimate of drug-likeness (QED) is 0.512. The van der Waals surface area contributed by atoms with Crippen LogP contribution in [-0.4, -0.2) is 24.3 Å². The maximum atomic E-state index is 12.2. The molecule has 0 aliphatic rings. The van der Waals surface area contributed by atoms with Crippen molar-refractivity contribution in [3.8, 4) is 0 Å². The lowest BCUT2D eigenvalue weighted by molar-refractivity contribution is -0.116. The van der Waals surface area contributed by atoms with Gasteiger partial charge < -0.3 is 21.3 Å². The van der Waals surface area contributed by atoms with Gasteiger partial charge in [-0.15, -0.1) is 0 Å². The minimum atomic E-state index is -0.201. The number of carbonyl (C=O) groups excluding carboxylic acids is 3. The summed E-state index contributed by atoms with van der Waals surface area (Å²) in [6, 6.07) is 12.5. The first-order valence-corrected chi connectivity index (χ1v) is 9.75. The van der Waals surface area contributed by atoms with E-state index in [0.717, 1.165) is 23.4 Å². The molecule has 2 aromatic carbocycles. The van der Waals surface area contributed by atoms with Crippen LogP contribution < -0.4 is 21.3 Å². The van der Waals surface area contributed by atoms with Gasteiger partial charge in [-0.25, -0.2) is 0 Å². The molecule has 0 aliphatic heterocycles. The summed E-state index contributed by atoms with van der Waals surface area (Å²) < 4.78 is 0. The molecule has 4 N–H and O–H groups in total. The second-order valence-corrected chi connectivity index (χ2v) is 6.71. The molecular weight excluding hydrogens is 368 g/mol. The number of rotatable bonds is 9. The van der Waals surface area contributed by atoms with Gasteiger partial charge in [0.1, 0.15) is 0 Å². The van der Waals surface area contributed by atoms with Crippen molar-refractivity contribution in [2.45, 2.75) is 40.0 Å². The Morgan fingerprint density at radius 3 is 1.93 bits per heavy atom. The maximum absolute atomic E-state index is 12.2. The fourth-order valence-electron chi connectivity index (χ4n) is 2.58. The number of anilines is 4. The highest BCUT2D eigenvalue weighted by Crippen LogP contribution is 2.20. The van der Waals surface area contributed by atoms with E-state index in [2.05, 4.69) is 21.3 Å². The largest absolute Gasteiger partial charge is 0.376 e. The number of carbonyl (C=O) groups is 3. The van der Waals surface area contributed by atoms with Gasteiger partial charge in [-0.3, -0.25) is 14.4 Å². The van der Waals surface area contributed by atoms with Crippen LogP contribution in [0.4, 0.5) is 22.7 Å². The van der Waals surface area contributed by atoms with Gasteiger partial charge >= 0.3 is 0 Å². The number of amides is 3. The van der Waals surface area contributed by atoms with Crippen LogP contribution >= 0.6 is 0 Å². The molecule has 0 aromatic heterocycles. The van der Waals surface area contributed by atoms with E-state index in [1.165, 1.54) is 0 Å². The van der Waals surface area contributed by atoms with E-state index in [-0.39, 0.29) is 24.3 Å². The van der Waals surface area contributed by atoms with Crippen molar-refractivity contribution in [3.05, 3.63) is 48.0 Å². The molecule has 0 radical (unpaired) electrons. The lowest BCUT2D eigenvalue weighted by atomic mass is 10.1. The van der Waals surface area contributed by atoms with Crippen molar-refractivity contribution in [2.75, 3.05) is 27.8 Å². The van der Waals surface area contributed by atoms with Gasteiger partial charge in [0.2, 0.25) is 17.7 Å². The molecule has 0 heterocycles. The van der Waals surface area contributed by atoms with E-state index in [9.17, 15) is 14.4 Å². The van der Waals surface area contributed by atoms with Gasteiger partial charge in [-0.1, -0.05) is 19.9 Å². The van der Waals surface area contributed by atoms with Crippen LogP contribution in [0.15, 0.2) is 42.5 Å². The topological polar surface area (TPSA) is 99.3 Å². The zero-order chi connectivity index (χ0) is 21.2. The van der Waals surface area contributed by atoms with Crippen LogP contribution in [-0.2, 0) is 14.4 Å². The summed E-state index contributed by atoms with van der Waals surface area (Å²) in [5.41, 5.74) is 3.76. The summed E-state index contributed by atoms with van der Waals surface area (Å²) >= 11 is 0. The van der Waals surface area contributed by atoms with Crippen LogP contribution in [0.1, 0.15) is 38.7 Å². The van der Waals surface area contributed by atoms with Crippen molar-refractivity contribution in [1.82, 2.24) is 0 Å². The Labute approximate surface area is 171 Å². The lowest BCUT2D eigenvalue weighted by Gasteiger charge is -2.12. The SMILES string of the molecule is CCCC(=O)Nc1ccc(NC(=O)CNc2ccc(C)c(NC(=O)CC)c2)cc1. The molecule has 0 bridgehead atoms. The summed E-state index contributed by atoms with van der Waals surface area (Å²) in [5.74, 6) is -0.286. The molecule has 154 valence electrons. The second-order valence-electron chi connectivity index (χ2n) is 6.71. The third-order valence-corrected chi connectivity index (χ3v) is 4.22. The number of hydrogen-bond donors (Lipinski definition) is 4. The Balaban J connectivity index is 1.87. The average molecular weight is 396 g/mol. The van der Waals surface area contributed by atoms with Gasteiger partial charge in [-0.2, -0.15) is 0 Å². The predicted octanol–water partition coefficient (Wildman–Crippen LogP) is 4.13. The highest BCUT2D eigenvalue weighted by atomic mass is 16.2. The first-order chi connectivity index (χ1) is 13.9. The molecular formula is C22H28N4O3. The van der Waals surface area contributed by atoms with Crippen LogP contribution in [0.2, 0.25) is 0 Å². The Bertz CT molecular complexity index is 863. The Morgan fingerprint density at radius 1 is 0.759 bits per heavy atom. The Kier molecular flexibility index (Phi) is 8.21.